The summed E-state index contributed by atoms with van der Waals surface area (Å²) in [5, 5.41) is 1.09. The van der Waals surface area contributed by atoms with Gasteiger partial charge in [-0.25, -0.2) is 12.8 Å². The molecule has 39 heavy (non-hydrogen) atoms. The molecule has 206 valence electrons. The van der Waals surface area contributed by atoms with E-state index in [1.807, 2.05) is 43.5 Å². The maximum absolute atomic E-state index is 13.8. The van der Waals surface area contributed by atoms with Crippen LogP contribution in [0.5, 0.6) is 17.2 Å². The van der Waals surface area contributed by atoms with Crippen molar-refractivity contribution < 1.29 is 27.0 Å². The molecule has 0 fully saturated rings. The quantitative estimate of drug-likeness (QED) is 0.260. The van der Waals surface area contributed by atoms with Crippen LogP contribution in [0.2, 0.25) is 0 Å². The molecule has 1 atom stereocenters. The summed E-state index contributed by atoms with van der Waals surface area (Å²) in [7, 11) is -0.616. The SMILES string of the molecule is CCOc1cc2c(cc1OC)CCN(S(=O)(=O)c1ccc(F)cc1)[C@H]2CCCc1c[nH]c2ccc(OC)cc12. The Morgan fingerprint density at radius 1 is 1.03 bits per heavy atom. The predicted octanol–water partition coefficient (Wildman–Crippen LogP) is 6.03. The fraction of sp³-hybridized carbons (Fsp3) is 0.333. The van der Waals surface area contributed by atoms with Gasteiger partial charge >= 0.3 is 0 Å². The van der Waals surface area contributed by atoms with E-state index >= 15 is 0 Å². The molecule has 2 heterocycles. The first kappa shape index (κ1) is 27.0. The molecule has 1 aromatic heterocycles. The normalized spacial score (nSPS) is 15.7. The number of halogens is 1. The maximum Gasteiger partial charge on any atom is 0.243 e. The molecule has 0 saturated carbocycles. The van der Waals surface area contributed by atoms with E-state index in [9.17, 15) is 12.8 Å². The summed E-state index contributed by atoms with van der Waals surface area (Å²) >= 11 is 0. The van der Waals surface area contributed by atoms with Crippen molar-refractivity contribution in [3.8, 4) is 17.2 Å². The number of H-pyrrole nitrogens is 1. The molecule has 1 aliphatic heterocycles. The first-order chi connectivity index (χ1) is 18.8. The van der Waals surface area contributed by atoms with Crippen LogP contribution in [-0.4, -0.2) is 45.1 Å². The van der Waals surface area contributed by atoms with Gasteiger partial charge in [-0.05, 0) is 104 Å². The number of aromatic nitrogens is 1. The highest BCUT2D eigenvalue weighted by molar-refractivity contribution is 7.89. The number of rotatable bonds is 10. The molecule has 5 rings (SSSR count). The molecule has 9 heteroatoms. The van der Waals surface area contributed by atoms with Crippen LogP contribution in [0.3, 0.4) is 0 Å². The lowest BCUT2D eigenvalue weighted by Gasteiger charge is -2.37. The maximum atomic E-state index is 13.8. The Hall–Kier alpha value is -3.56. The van der Waals surface area contributed by atoms with Crippen LogP contribution in [0, 0.1) is 5.82 Å². The van der Waals surface area contributed by atoms with Crippen LogP contribution < -0.4 is 14.2 Å². The van der Waals surface area contributed by atoms with Crippen molar-refractivity contribution >= 4 is 20.9 Å². The Labute approximate surface area is 228 Å². The van der Waals surface area contributed by atoms with Crippen LogP contribution in [0.1, 0.15) is 42.5 Å². The van der Waals surface area contributed by atoms with Crippen LogP contribution in [0.15, 0.2) is 65.7 Å². The highest BCUT2D eigenvalue weighted by Gasteiger charge is 2.37. The zero-order valence-electron chi connectivity index (χ0n) is 22.4. The minimum Gasteiger partial charge on any atom is -0.497 e. The zero-order valence-corrected chi connectivity index (χ0v) is 23.2. The smallest absolute Gasteiger partial charge is 0.243 e. The molecular formula is C30H33FN2O5S. The summed E-state index contributed by atoms with van der Waals surface area (Å²) in [5.74, 6) is 1.54. The Kier molecular flexibility index (Phi) is 7.81. The van der Waals surface area contributed by atoms with Crippen molar-refractivity contribution in [1.29, 1.82) is 0 Å². The van der Waals surface area contributed by atoms with Gasteiger partial charge in [-0.15, -0.1) is 0 Å². The summed E-state index contributed by atoms with van der Waals surface area (Å²) in [5.41, 5.74) is 4.14. The molecule has 1 N–H and O–H groups in total. The molecule has 0 amide bonds. The number of benzene rings is 3. The van der Waals surface area contributed by atoms with Crippen LogP contribution in [0.4, 0.5) is 4.39 Å². The summed E-state index contributed by atoms with van der Waals surface area (Å²) < 4.78 is 59.6. The van der Waals surface area contributed by atoms with Gasteiger partial charge in [0.2, 0.25) is 10.0 Å². The number of aromatic amines is 1. The van der Waals surface area contributed by atoms with E-state index in [4.69, 9.17) is 14.2 Å². The highest BCUT2D eigenvalue weighted by Crippen LogP contribution is 2.42. The largest absolute Gasteiger partial charge is 0.497 e. The minimum absolute atomic E-state index is 0.0830. The number of ether oxygens (including phenoxy) is 3. The Bertz CT molecular complexity index is 1570. The number of fused-ring (bicyclic) bond motifs is 2. The average Bonchev–Trinajstić information content (AvgIpc) is 3.35. The fourth-order valence-electron chi connectivity index (χ4n) is 5.42. The monoisotopic (exact) mass is 552 g/mol. The summed E-state index contributed by atoms with van der Waals surface area (Å²) in [6.07, 6.45) is 4.65. The average molecular weight is 553 g/mol. The number of nitrogens with one attached hydrogen (secondary N) is 1. The first-order valence-electron chi connectivity index (χ1n) is 13.1. The van der Waals surface area contributed by atoms with Crippen molar-refractivity contribution in [1.82, 2.24) is 9.29 Å². The van der Waals surface area contributed by atoms with Crippen LogP contribution >= 0.6 is 0 Å². The summed E-state index contributed by atoms with van der Waals surface area (Å²) in [6, 6.07) is 14.4. The molecule has 0 saturated heterocycles. The van der Waals surface area contributed by atoms with E-state index in [2.05, 4.69) is 4.98 Å². The number of hydrogen-bond donors (Lipinski definition) is 1. The summed E-state index contributed by atoms with van der Waals surface area (Å²) in [6.45, 7) is 2.68. The third-order valence-electron chi connectivity index (χ3n) is 7.35. The van der Waals surface area contributed by atoms with Gasteiger partial charge in [0.15, 0.2) is 11.5 Å². The van der Waals surface area contributed by atoms with E-state index in [1.54, 1.807) is 18.5 Å². The van der Waals surface area contributed by atoms with Gasteiger partial charge in [0.1, 0.15) is 11.6 Å². The van der Waals surface area contributed by atoms with Gasteiger partial charge in [-0.3, -0.25) is 0 Å². The molecule has 4 aromatic rings. The van der Waals surface area contributed by atoms with Gasteiger partial charge in [-0.1, -0.05) is 0 Å². The van der Waals surface area contributed by atoms with Gasteiger partial charge in [0.25, 0.3) is 0 Å². The fourth-order valence-corrected chi connectivity index (χ4v) is 7.06. The highest BCUT2D eigenvalue weighted by atomic mass is 32.2. The second-order valence-corrected chi connectivity index (χ2v) is 11.5. The topological polar surface area (TPSA) is 80.9 Å². The van der Waals surface area contributed by atoms with Gasteiger partial charge < -0.3 is 19.2 Å². The number of methoxy groups -OCH3 is 2. The van der Waals surface area contributed by atoms with Crippen molar-refractivity contribution in [2.75, 3.05) is 27.4 Å². The first-order valence-corrected chi connectivity index (χ1v) is 14.5. The van der Waals surface area contributed by atoms with E-state index in [0.29, 0.717) is 37.5 Å². The van der Waals surface area contributed by atoms with Crippen molar-refractivity contribution in [2.24, 2.45) is 0 Å². The van der Waals surface area contributed by atoms with Crippen molar-refractivity contribution in [3.05, 3.63) is 83.3 Å². The molecule has 0 unspecified atom stereocenters. The summed E-state index contributed by atoms with van der Waals surface area (Å²) in [4.78, 5) is 3.40. The number of aryl methyl sites for hydroxylation is 1. The van der Waals surface area contributed by atoms with Crippen molar-refractivity contribution in [3.63, 3.8) is 0 Å². The molecular weight excluding hydrogens is 519 g/mol. The number of hydrogen-bond acceptors (Lipinski definition) is 5. The molecule has 1 aliphatic rings. The van der Waals surface area contributed by atoms with Gasteiger partial charge in [0.05, 0.1) is 31.8 Å². The second-order valence-electron chi connectivity index (χ2n) is 9.59. The Morgan fingerprint density at radius 3 is 2.54 bits per heavy atom. The molecule has 0 radical (unpaired) electrons. The van der Waals surface area contributed by atoms with Crippen LogP contribution in [0.25, 0.3) is 10.9 Å². The minimum atomic E-state index is -3.87. The van der Waals surface area contributed by atoms with E-state index in [0.717, 1.165) is 46.2 Å². The number of sulfonamides is 1. The van der Waals surface area contributed by atoms with E-state index < -0.39 is 21.9 Å². The second kappa shape index (κ2) is 11.3. The lowest BCUT2D eigenvalue weighted by atomic mass is 9.90. The van der Waals surface area contributed by atoms with E-state index in [-0.39, 0.29) is 4.90 Å². The molecule has 0 spiro atoms. The Morgan fingerprint density at radius 2 is 1.82 bits per heavy atom. The van der Waals surface area contributed by atoms with Crippen molar-refractivity contribution in [2.45, 2.75) is 43.5 Å². The molecule has 3 aromatic carbocycles. The standard InChI is InChI=1S/C30H33FN2O5S/c1-4-38-30-18-26-20(16-29(30)37-3)14-15-33(39(34,35)24-11-8-22(31)9-12-24)28(26)7-5-6-21-19-32-27-13-10-23(36-2)17-25(21)27/h8-13,16-19,28,32H,4-7,14-15H2,1-3H3/t28-/m0/s1. The van der Waals surface area contributed by atoms with E-state index in [1.165, 1.54) is 24.3 Å². The molecule has 0 aliphatic carbocycles. The number of nitrogens with zero attached hydrogens (tertiary/aromatic N) is 1. The third kappa shape index (κ3) is 5.33. The van der Waals surface area contributed by atoms with Crippen LogP contribution in [-0.2, 0) is 22.9 Å². The van der Waals surface area contributed by atoms with Gasteiger partial charge in [0, 0.05) is 23.6 Å². The Balaban J connectivity index is 1.49. The zero-order chi connectivity index (χ0) is 27.6. The molecule has 0 bridgehead atoms. The lowest BCUT2D eigenvalue weighted by molar-refractivity contribution is 0.281. The van der Waals surface area contributed by atoms with Gasteiger partial charge in [-0.2, -0.15) is 4.31 Å². The lowest BCUT2D eigenvalue weighted by Crippen LogP contribution is -2.40. The predicted molar refractivity (Wildman–Crippen MR) is 149 cm³/mol. The third-order valence-corrected chi connectivity index (χ3v) is 9.27. The molecule has 7 nitrogen and oxygen atoms in total.